The van der Waals surface area contributed by atoms with Crippen molar-refractivity contribution < 1.29 is 4.74 Å². The maximum absolute atomic E-state index is 5.25. The van der Waals surface area contributed by atoms with E-state index in [0.717, 1.165) is 28.6 Å². The summed E-state index contributed by atoms with van der Waals surface area (Å²) in [6.07, 6.45) is 8.88. The maximum Gasteiger partial charge on any atom is 0.124 e. The second kappa shape index (κ2) is 8.36. The van der Waals surface area contributed by atoms with Crippen LogP contribution in [0.2, 0.25) is 0 Å². The monoisotopic (exact) mass is 392 g/mol. The molecule has 1 aromatic carbocycles. The fourth-order valence-electron chi connectivity index (χ4n) is 4.06. The number of ether oxygens (including phenoxy) is 1. The molecule has 0 atom stereocenters. The molecule has 3 aromatic rings. The summed E-state index contributed by atoms with van der Waals surface area (Å²) < 4.78 is 7.71. The lowest BCUT2D eigenvalue weighted by molar-refractivity contribution is 0.415. The van der Waals surface area contributed by atoms with Crippen molar-refractivity contribution in [3.05, 3.63) is 58.7 Å². The summed E-state index contributed by atoms with van der Waals surface area (Å²) in [5, 5.41) is 3.23. The van der Waals surface area contributed by atoms with E-state index in [1.807, 2.05) is 12.1 Å². The SMILES string of the molecule is COc1ccc(-c2nc(-c3cc(C)n(CCC4=CCCCC4)c3C)cs2)cc1. The molecule has 0 saturated carbocycles. The first kappa shape index (κ1) is 19.0. The largest absolute Gasteiger partial charge is 0.497 e. The van der Waals surface area contributed by atoms with E-state index in [2.05, 4.69) is 48.1 Å². The lowest BCUT2D eigenvalue weighted by atomic mass is 9.97. The average Bonchev–Trinajstić information content (AvgIpc) is 3.32. The van der Waals surface area contributed by atoms with Crippen molar-refractivity contribution in [1.29, 1.82) is 0 Å². The normalized spacial score (nSPS) is 14.2. The molecule has 0 radical (unpaired) electrons. The van der Waals surface area contributed by atoms with E-state index in [1.165, 1.54) is 49.1 Å². The van der Waals surface area contributed by atoms with Gasteiger partial charge in [-0.25, -0.2) is 4.98 Å². The number of allylic oxidation sites excluding steroid dienone is 2. The molecule has 0 N–H and O–H groups in total. The van der Waals surface area contributed by atoms with Crippen molar-refractivity contribution in [2.24, 2.45) is 0 Å². The van der Waals surface area contributed by atoms with Gasteiger partial charge >= 0.3 is 0 Å². The predicted octanol–water partition coefficient (Wildman–Crippen LogP) is 6.79. The van der Waals surface area contributed by atoms with Crippen molar-refractivity contribution in [1.82, 2.24) is 9.55 Å². The topological polar surface area (TPSA) is 27.1 Å². The lowest BCUT2D eigenvalue weighted by Gasteiger charge is -2.15. The van der Waals surface area contributed by atoms with Gasteiger partial charge in [0.15, 0.2) is 0 Å². The quantitative estimate of drug-likeness (QED) is 0.432. The van der Waals surface area contributed by atoms with Crippen LogP contribution < -0.4 is 4.74 Å². The van der Waals surface area contributed by atoms with Gasteiger partial charge in [0.2, 0.25) is 0 Å². The third kappa shape index (κ3) is 3.93. The maximum atomic E-state index is 5.25. The van der Waals surface area contributed by atoms with Gasteiger partial charge in [-0.1, -0.05) is 11.6 Å². The van der Waals surface area contributed by atoms with Gasteiger partial charge in [-0.2, -0.15) is 0 Å². The minimum atomic E-state index is 0.872. The summed E-state index contributed by atoms with van der Waals surface area (Å²) in [7, 11) is 1.69. The molecule has 0 spiro atoms. The van der Waals surface area contributed by atoms with Crippen LogP contribution >= 0.6 is 11.3 Å². The summed E-state index contributed by atoms with van der Waals surface area (Å²) in [5.74, 6) is 0.872. The van der Waals surface area contributed by atoms with E-state index in [1.54, 1.807) is 24.0 Å². The van der Waals surface area contributed by atoms with Gasteiger partial charge in [0.05, 0.1) is 12.8 Å². The fourth-order valence-corrected chi connectivity index (χ4v) is 4.88. The van der Waals surface area contributed by atoms with E-state index in [9.17, 15) is 0 Å². The predicted molar refractivity (Wildman–Crippen MR) is 118 cm³/mol. The Bertz CT molecular complexity index is 979. The molecule has 2 aromatic heterocycles. The number of hydrogen-bond donors (Lipinski definition) is 0. The summed E-state index contributed by atoms with van der Waals surface area (Å²) in [6, 6.07) is 10.4. The third-order valence-electron chi connectivity index (χ3n) is 5.73. The van der Waals surface area contributed by atoms with Crippen molar-refractivity contribution in [2.75, 3.05) is 7.11 Å². The van der Waals surface area contributed by atoms with Crippen LogP contribution in [0.3, 0.4) is 0 Å². The minimum Gasteiger partial charge on any atom is -0.497 e. The van der Waals surface area contributed by atoms with Crippen LogP contribution in [0.15, 0.2) is 47.4 Å². The Kier molecular flexibility index (Phi) is 5.67. The Balaban J connectivity index is 1.54. The molecule has 0 fully saturated rings. The van der Waals surface area contributed by atoms with E-state index in [0.29, 0.717) is 0 Å². The van der Waals surface area contributed by atoms with Gasteiger partial charge in [-0.05, 0) is 76.3 Å². The zero-order valence-corrected chi connectivity index (χ0v) is 17.8. The molecule has 3 nitrogen and oxygen atoms in total. The Labute approximate surface area is 171 Å². The summed E-state index contributed by atoms with van der Waals surface area (Å²) >= 11 is 1.70. The van der Waals surface area contributed by atoms with Gasteiger partial charge in [0.25, 0.3) is 0 Å². The third-order valence-corrected chi connectivity index (χ3v) is 6.62. The van der Waals surface area contributed by atoms with Crippen LogP contribution in [-0.2, 0) is 6.54 Å². The highest BCUT2D eigenvalue weighted by atomic mass is 32.1. The second-order valence-corrected chi connectivity index (χ2v) is 8.42. The van der Waals surface area contributed by atoms with E-state index in [4.69, 9.17) is 9.72 Å². The number of nitrogens with zero attached hydrogens (tertiary/aromatic N) is 2. The Morgan fingerprint density at radius 3 is 2.68 bits per heavy atom. The first-order valence-electron chi connectivity index (χ1n) is 10.1. The molecular weight excluding hydrogens is 364 g/mol. The van der Waals surface area contributed by atoms with Gasteiger partial charge in [-0.15, -0.1) is 11.3 Å². The van der Waals surface area contributed by atoms with E-state index in [-0.39, 0.29) is 0 Å². The number of benzene rings is 1. The highest BCUT2D eigenvalue weighted by molar-refractivity contribution is 7.13. The Morgan fingerprint density at radius 2 is 1.96 bits per heavy atom. The smallest absolute Gasteiger partial charge is 0.124 e. The zero-order chi connectivity index (χ0) is 19.5. The van der Waals surface area contributed by atoms with Crippen molar-refractivity contribution in [3.63, 3.8) is 0 Å². The van der Waals surface area contributed by atoms with Crippen LogP contribution in [0, 0.1) is 13.8 Å². The number of aryl methyl sites for hydroxylation is 1. The molecule has 2 heterocycles. The number of thiazole rings is 1. The van der Waals surface area contributed by atoms with Gasteiger partial charge in [0, 0.05) is 34.4 Å². The van der Waals surface area contributed by atoms with Crippen LogP contribution in [0.4, 0.5) is 0 Å². The number of aromatic nitrogens is 2. The summed E-state index contributed by atoms with van der Waals surface area (Å²) in [4.78, 5) is 4.92. The first-order valence-corrected chi connectivity index (χ1v) is 11.0. The lowest BCUT2D eigenvalue weighted by Crippen LogP contribution is -2.05. The zero-order valence-electron chi connectivity index (χ0n) is 17.0. The number of hydrogen-bond acceptors (Lipinski definition) is 3. The van der Waals surface area contributed by atoms with Crippen molar-refractivity contribution >= 4 is 11.3 Å². The van der Waals surface area contributed by atoms with E-state index >= 15 is 0 Å². The molecule has 0 unspecified atom stereocenters. The Morgan fingerprint density at radius 1 is 1.14 bits per heavy atom. The molecule has 28 heavy (non-hydrogen) atoms. The first-order chi connectivity index (χ1) is 13.7. The van der Waals surface area contributed by atoms with Crippen molar-refractivity contribution in [3.8, 4) is 27.6 Å². The van der Waals surface area contributed by atoms with Crippen LogP contribution in [-0.4, -0.2) is 16.7 Å². The minimum absolute atomic E-state index is 0.872. The molecule has 146 valence electrons. The molecule has 0 bridgehead atoms. The highest BCUT2D eigenvalue weighted by Crippen LogP contribution is 2.33. The molecule has 4 heteroatoms. The molecule has 1 aliphatic carbocycles. The van der Waals surface area contributed by atoms with Crippen LogP contribution in [0.1, 0.15) is 43.5 Å². The molecule has 0 aliphatic heterocycles. The average molecular weight is 393 g/mol. The second-order valence-electron chi connectivity index (χ2n) is 7.56. The highest BCUT2D eigenvalue weighted by Gasteiger charge is 2.15. The molecule has 1 aliphatic rings. The molecular formula is C24H28N2OS. The van der Waals surface area contributed by atoms with Gasteiger partial charge in [-0.3, -0.25) is 0 Å². The summed E-state index contributed by atoms with van der Waals surface area (Å²) in [6.45, 7) is 5.51. The standard InChI is InChI=1S/C24H28N2OS/c1-17-15-22(18(2)26(17)14-13-19-7-5-4-6-8-19)23-16-28-24(25-23)20-9-11-21(27-3)12-10-20/h7,9-12,15-16H,4-6,8,13-14H2,1-3H3. The van der Waals surface area contributed by atoms with Gasteiger partial charge < -0.3 is 9.30 Å². The number of rotatable bonds is 6. The molecule has 4 rings (SSSR count). The van der Waals surface area contributed by atoms with E-state index < -0.39 is 0 Å². The van der Waals surface area contributed by atoms with Crippen LogP contribution in [0.5, 0.6) is 5.75 Å². The Hall–Kier alpha value is -2.33. The summed E-state index contributed by atoms with van der Waals surface area (Å²) in [5.41, 5.74) is 7.74. The van der Waals surface area contributed by atoms with Gasteiger partial charge in [0.1, 0.15) is 10.8 Å². The number of methoxy groups -OCH3 is 1. The van der Waals surface area contributed by atoms with Crippen molar-refractivity contribution in [2.45, 2.75) is 52.5 Å². The molecule has 0 amide bonds. The van der Waals surface area contributed by atoms with Crippen LogP contribution in [0.25, 0.3) is 21.8 Å². The fraction of sp³-hybridized carbons (Fsp3) is 0.375. The molecule has 0 saturated heterocycles.